The maximum absolute atomic E-state index is 12.6. The molecule has 3 rings (SSSR count). The van der Waals surface area contributed by atoms with E-state index in [-0.39, 0.29) is 5.91 Å². The summed E-state index contributed by atoms with van der Waals surface area (Å²) in [4.78, 5) is 17.0. The molecule has 3 nitrogen and oxygen atoms in total. The summed E-state index contributed by atoms with van der Waals surface area (Å²) >= 11 is 0. The predicted octanol–water partition coefficient (Wildman–Crippen LogP) is 4.44. The van der Waals surface area contributed by atoms with Crippen molar-refractivity contribution in [2.24, 2.45) is 0 Å². The highest BCUT2D eigenvalue weighted by Gasteiger charge is 2.12. The van der Waals surface area contributed by atoms with Crippen LogP contribution in [0, 0.1) is 6.92 Å². The van der Waals surface area contributed by atoms with E-state index in [1.54, 1.807) is 12.3 Å². The number of hydrogen-bond acceptors (Lipinski definition) is 2. The smallest absolute Gasteiger partial charge is 0.256 e. The van der Waals surface area contributed by atoms with Gasteiger partial charge in [0.2, 0.25) is 0 Å². The minimum Gasteiger partial charge on any atom is -0.320 e. The molecular weight excluding hydrogens is 272 g/mol. The molecule has 1 amide bonds. The van der Waals surface area contributed by atoms with Gasteiger partial charge in [0.25, 0.3) is 5.91 Å². The first-order valence-electron chi connectivity index (χ1n) is 7.07. The van der Waals surface area contributed by atoms with Crippen LogP contribution in [0.1, 0.15) is 21.5 Å². The molecule has 1 heterocycles. The van der Waals surface area contributed by atoms with Crippen molar-refractivity contribution in [3.63, 3.8) is 0 Å². The molecule has 0 aliphatic carbocycles. The van der Waals surface area contributed by atoms with Crippen LogP contribution in [0.25, 0.3) is 17.0 Å². The van der Waals surface area contributed by atoms with Crippen LogP contribution in [0.2, 0.25) is 0 Å². The fraction of sp³-hybridized carbons (Fsp3) is 0.0526. The molecule has 0 aliphatic heterocycles. The van der Waals surface area contributed by atoms with Crippen molar-refractivity contribution in [2.75, 3.05) is 5.32 Å². The van der Waals surface area contributed by atoms with Gasteiger partial charge in [0.15, 0.2) is 0 Å². The minimum atomic E-state index is -0.156. The number of carbonyl (C=O) groups is 1. The zero-order chi connectivity index (χ0) is 15.5. The number of rotatable bonds is 3. The summed E-state index contributed by atoms with van der Waals surface area (Å²) in [6, 6.07) is 15.3. The molecule has 22 heavy (non-hydrogen) atoms. The molecule has 0 saturated carbocycles. The van der Waals surface area contributed by atoms with Crippen LogP contribution in [-0.4, -0.2) is 10.9 Å². The molecule has 1 aromatic heterocycles. The van der Waals surface area contributed by atoms with E-state index in [1.807, 2.05) is 55.5 Å². The lowest BCUT2D eigenvalue weighted by Gasteiger charge is -2.10. The van der Waals surface area contributed by atoms with Gasteiger partial charge >= 0.3 is 0 Å². The summed E-state index contributed by atoms with van der Waals surface area (Å²) < 4.78 is 0. The average molecular weight is 288 g/mol. The van der Waals surface area contributed by atoms with Crippen LogP contribution in [-0.2, 0) is 0 Å². The highest BCUT2D eigenvalue weighted by atomic mass is 16.1. The summed E-state index contributed by atoms with van der Waals surface area (Å²) in [6.45, 7) is 5.73. The highest BCUT2D eigenvalue weighted by molar-refractivity contribution is 6.10. The number of fused-ring (bicyclic) bond motifs is 1. The first-order chi connectivity index (χ1) is 10.7. The van der Waals surface area contributed by atoms with Gasteiger partial charge in [0.05, 0.1) is 11.2 Å². The Kier molecular flexibility index (Phi) is 3.71. The number of nitrogens with one attached hydrogen (secondary N) is 1. The lowest BCUT2D eigenvalue weighted by Crippen LogP contribution is -2.14. The molecule has 0 unspecified atom stereocenters. The fourth-order valence-corrected chi connectivity index (χ4v) is 2.44. The third-order valence-corrected chi connectivity index (χ3v) is 3.55. The Bertz CT molecular complexity index is 863. The minimum absolute atomic E-state index is 0.156. The van der Waals surface area contributed by atoms with Crippen LogP contribution >= 0.6 is 0 Å². The van der Waals surface area contributed by atoms with Gasteiger partial charge in [-0.1, -0.05) is 48.6 Å². The second-order valence-electron chi connectivity index (χ2n) is 5.13. The van der Waals surface area contributed by atoms with E-state index in [4.69, 9.17) is 0 Å². The third-order valence-electron chi connectivity index (χ3n) is 3.55. The van der Waals surface area contributed by atoms with Crippen molar-refractivity contribution in [1.82, 2.24) is 4.98 Å². The van der Waals surface area contributed by atoms with Crippen molar-refractivity contribution in [3.8, 4) is 0 Å². The Morgan fingerprint density at radius 2 is 2.00 bits per heavy atom. The van der Waals surface area contributed by atoms with Crippen molar-refractivity contribution in [2.45, 2.75) is 6.92 Å². The standard InChI is InChI=1S/C19H16N2O/c1-3-14-10-9-13(2)12-16(14)19(22)21-17-8-4-6-15-7-5-11-20-18(15)17/h3-12H,1H2,2H3,(H,21,22). The number of anilines is 1. The normalized spacial score (nSPS) is 10.4. The molecule has 0 aliphatic rings. The number of carbonyl (C=O) groups excluding carboxylic acids is 1. The van der Waals surface area contributed by atoms with Gasteiger partial charge in [0, 0.05) is 17.1 Å². The Morgan fingerprint density at radius 1 is 1.18 bits per heavy atom. The van der Waals surface area contributed by atoms with E-state index in [9.17, 15) is 4.79 Å². The molecule has 3 aromatic rings. The number of hydrogen-bond donors (Lipinski definition) is 1. The number of amides is 1. The first kappa shape index (κ1) is 14.0. The van der Waals surface area contributed by atoms with Gasteiger partial charge in [-0.3, -0.25) is 9.78 Å². The Labute approximate surface area is 129 Å². The Hall–Kier alpha value is -2.94. The van der Waals surface area contributed by atoms with E-state index >= 15 is 0 Å². The van der Waals surface area contributed by atoms with E-state index in [2.05, 4.69) is 16.9 Å². The van der Waals surface area contributed by atoms with Crippen molar-refractivity contribution in [3.05, 3.63) is 78.0 Å². The fourth-order valence-electron chi connectivity index (χ4n) is 2.44. The number of aryl methyl sites for hydroxylation is 1. The van der Waals surface area contributed by atoms with Crippen molar-refractivity contribution in [1.29, 1.82) is 0 Å². The topological polar surface area (TPSA) is 42.0 Å². The SMILES string of the molecule is C=Cc1ccc(C)cc1C(=O)Nc1cccc2cccnc12. The van der Waals surface area contributed by atoms with Gasteiger partial charge in [0.1, 0.15) is 0 Å². The van der Waals surface area contributed by atoms with Crippen LogP contribution in [0.15, 0.2) is 61.3 Å². The van der Waals surface area contributed by atoms with Crippen LogP contribution < -0.4 is 5.32 Å². The lowest BCUT2D eigenvalue weighted by molar-refractivity contribution is 0.102. The average Bonchev–Trinajstić information content (AvgIpc) is 2.55. The molecule has 0 fully saturated rings. The summed E-state index contributed by atoms with van der Waals surface area (Å²) in [6.07, 6.45) is 3.41. The molecule has 0 atom stereocenters. The Balaban J connectivity index is 2.00. The van der Waals surface area contributed by atoms with Crippen LogP contribution in [0.3, 0.4) is 0 Å². The highest BCUT2D eigenvalue weighted by Crippen LogP contribution is 2.22. The van der Waals surface area contributed by atoms with Crippen LogP contribution in [0.4, 0.5) is 5.69 Å². The predicted molar refractivity (Wildman–Crippen MR) is 91.0 cm³/mol. The first-order valence-corrected chi connectivity index (χ1v) is 7.07. The quantitative estimate of drug-likeness (QED) is 0.774. The zero-order valence-corrected chi connectivity index (χ0v) is 12.3. The number of nitrogens with zero attached hydrogens (tertiary/aromatic N) is 1. The number of aromatic nitrogens is 1. The summed E-state index contributed by atoms with van der Waals surface area (Å²) in [5.41, 5.74) is 3.96. The van der Waals surface area contributed by atoms with Crippen LogP contribution in [0.5, 0.6) is 0 Å². The molecule has 0 saturated heterocycles. The van der Waals surface area contributed by atoms with E-state index in [0.717, 1.165) is 22.0 Å². The van der Waals surface area contributed by atoms with Crippen molar-refractivity contribution >= 4 is 28.6 Å². The molecular formula is C19H16N2O. The molecule has 108 valence electrons. The molecule has 0 radical (unpaired) electrons. The zero-order valence-electron chi connectivity index (χ0n) is 12.3. The number of benzene rings is 2. The molecule has 3 heteroatoms. The number of pyridine rings is 1. The van der Waals surface area contributed by atoms with Gasteiger partial charge in [-0.2, -0.15) is 0 Å². The largest absolute Gasteiger partial charge is 0.320 e. The maximum Gasteiger partial charge on any atom is 0.256 e. The Morgan fingerprint density at radius 3 is 2.82 bits per heavy atom. The molecule has 0 bridgehead atoms. The molecule has 2 aromatic carbocycles. The lowest BCUT2D eigenvalue weighted by atomic mass is 10.0. The summed E-state index contributed by atoms with van der Waals surface area (Å²) in [5.74, 6) is -0.156. The second-order valence-corrected chi connectivity index (χ2v) is 5.13. The van der Waals surface area contributed by atoms with Gasteiger partial charge in [-0.25, -0.2) is 0 Å². The summed E-state index contributed by atoms with van der Waals surface area (Å²) in [5, 5.41) is 3.95. The van der Waals surface area contributed by atoms with Gasteiger partial charge < -0.3 is 5.32 Å². The molecule has 0 spiro atoms. The molecule has 1 N–H and O–H groups in total. The monoisotopic (exact) mass is 288 g/mol. The van der Waals surface area contributed by atoms with E-state index < -0.39 is 0 Å². The van der Waals surface area contributed by atoms with E-state index in [1.165, 1.54) is 0 Å². The third kappa shape index (κ3) is 2.61. The maximum atomic E-state index is 12.6. The number of para-hydroxylation sites is 1. The van der Waals surface area contributed by atoms with E-state index in [0.29, 0.717) is 11.3 Å². The summed E-state index contributed by atoms with van der Waals surface area (Å²) in [7, 11) is 0. The van der Waals surface area contributed by atoms with Gasteiger partial charge in [-0.05, 0) is 30.7 Å². The second kappa shape index (κ2) is 5.82. The van der Waals surface area contributed by atoms with Crippen molar-refractivity contribution < 1.29 is 4.79 Å². The van der Waals surface area contributed by atoms with Gasteiger partial charge in [-0.15, -0.1) is 0 Å².